The molecular weight excluding hydrogens is 282 g/mol. The Morgan fingerprint density at radius 1 is 1.18 bits per heavy atom. The number of Topliss-reactive ketones (excluding diaryl/α,β-unsaturated/α-hetero) is 1. The molecule has 0 bridgehead atoms. The molecule has 1 atom stereocenters. The van der Waals surface area contributed by atoms with Gasteiger partial charge in [-0.3, -0.25) is 14.5 Å². The van der Waals surface area contributed by atoms with Crippen molar-refractivity contribution in [3.8, 4) is 5.75 Å². The highest BCUT2D eigenvalue weighted by molar-refractivity contribution is 5.98. The molecule has 0 spiro atoms. The normalized spacial score (nSPS) is 23.3. The van der Waals surface area contributed by atoms with Crippen LogP contribution in [0.1, 0.15) is 29.6 Å². The second kappa shape index (κ2) is 6.48. The van der Waals surface area contributed by atoms with E-state index in [1.807, 2.05) is 24.3 Å². The number of hydrogen-bond donors (Lipinski definition) is 0. The average Bonchev–Trinajstić information content (AvgIpc) is 3.00. The van der Waals surface area contributed by atoms with Gasteiger partial charge in [-0.05, 0) is 50.2 Å². The van der Waals surface area contributed by atoms with Crippen LogP contribution in [0.25, 0.3) is 0 Å². The third-order valence-corrected chi connectivity index (χ3v) is 4.62. The van der Waals surface area contributed by atoms with Gasteiger partial charge in [-0.2, -0.15) is 0 Å². The Balaban J connectivity index is 1.58. The van der Waals surface area contributed by atoms with Crippen molar-refractivity contribution in [1.82, 2.24) is 4.90 Å². The van der Waals surface area contributed by atoms with Gasteiger partial charge in [0, 0.05) is 17.9 Å². The van der Waals surface area contributed by atoms with E-state index in [1.54, 1.807) is 7.11 Å². The monoisotopic (exact) mass is 303 g/mol. The molecule has 22 heavy (non-hydrogen) atoms. The van der Waals surface area contributed by atoms with Crippen molar-refractivity contribution in [2.24, 2.45) is 5.92 Å². The number of rotatable bonds is 4. The predicted octanol–water partition coefficient (Wildman–Crippen LogP) is 1.91. The van der Waals surface area contributed by atoms with Crippen molar-refractivity contribution in [3.05, 3.63) is 29.8 Å². The maximum absolute atomic E-state index is 12.5. The summed E-state index contributed by atoms with van der Waals surface area (Å²) in [5.74, 6) is 0.879. The Kier molecular flexibility index (Phi) is 4.43. The smallest absolute Gasteiger partial charge is 0.323 e. The molecule has 0 aromatic heterocycles. The van der Waals surface area contributed by atoms with Crippen LogP contribution in [0.2, 0.25) is 0 Å². The zero-order chi connectivity index (χ0) is 15.5. The minimum atomic E-state index is -0.111. The first kappa shape index (κ1) is 15.0. The molecule has 0 N–H and O–H groups in total. The quantitative estimate of drug-likeness (QED) is 0.628. The molecule has 5 nitrogen and oxygen atoms in total. The van der Waals surface area contributed by atoms with E-state index in [-0.39, 0.29) is 23.7 Å². The summed E-state index contributed by atoms with van der Waals surface area (Å²) in [6, 6.07) is 7.18. The van der Waals surface area contributed by atoms with Gasteiger partial charge >= 0.3 is 5.97 Å². The molecule has 3 rings (SSSR count). The number of carbonyl (C=O) groups excluding carboxylic acids is 2. The van der Waals surface area contributed by atoms with E-state index in [9.17, 15) is 9.59 Å². The summed E-state index contributed by atoms with van der Waals surface area (Å²) in [4.78, 5) is 26.3. The lowest BCUT2D eigenvalue weighted by Gasteiger charge is -2.33. The van der Waals surface area contributed by atoms with Crippen molar-refractivity contribution in [2.45, 2.75) is 25.3 Å². The number of esters is 1. The molecule has 1 aromatic carbocycles. The molecule has 0 radical (unpaired) electrons. The van der Waals surface area contributed by atoms with Gasteiger partial charge in [-0.25, -0.2) is 0 Å². The summed E-state index contributed by atoms with van der Waals surface area (Å²) in [5, 5.41) is 0. The fourth-order valence-electron chi connectivity index (χ4n) is 3.28. The van der Waals surface area contributed by atoms with Crippen LogP contribution < -0.4 is 4.74 Å². The van der Waals surface area contributed by atoms with Crippen molar-refractivity contribution in [2.75, 3.05) is 26.8 Å². The number of nitrogens with zero attached hydrogens (tertiary/aromatic N) is 1. The van der Waals surface area contributed by atoms with E-state index < -0.39 is 0 Å². The Labute approximate surface area is 130 Å². The predicted molar refractivity (Wildman–Crippen MR) is 81.0 cm³/mol. The number of hydrogen-bond acceptors (Lipinski definition) is 5. The third kappa shape index (κ3) is 2.99. The first-order valence-corrected chi connectivity index (χ1v) is 7.78. The minimum Gasteiger partial charge on any atom is -0.497 e. The van der Waals surface area contributed by atoms with E-state index in [0.29, 0.717) is 6.61 Å². The number of ether oxygens (including phenoxy) is 2. The molecule has 2 aliphatic heterocycles. The van der Waals surface area contributed by atoms with Gasteiger partial charge in [0.15, 0.2) is 5.78 Å². The first-order chi connectivity index (χ1) is 10.7. The summed E-state index contributed by atoms with van der Waals surface area (Å²) >= 11 is 0. The van der Waals surface area contributed by atoms with E-state index in [0.717, 1.165) is 43.7 Å². The van der Waals surface area contributed by atoms with Crippen LogP contribution >= 0.6 is 0 Å². The lowest BCUT2D eigenvalue weighted by atomic mass is 9.88. The summed E-state index contributed by atoms with van der Waals surface area (Å²) in [5.41, 5.74) is 0.736. The fraction of sp³-hybridized carbons (Fsp3) is 0.529. The molecule has 2 aliphatic rings. The van der Waals surface area contributed by atoms with Gasteiger partial charge in [-0.15, -0.1) is 0 Å². The van der Waals surface area contributed by atoms with Gasteiger partial charge in [0.05, 0.1) is 13.7 Å². The van der Waals surface area contributed by atoms with Crippen molar-refractivity contribution >= 4 is 11.8 Å². The van der Waals surface area contributed by atoms with Gasteiger partial charge < -0.3 is 9.47 Å². The number of cyclic esters (lactones) is 1. The number of ketones is 1. The number of piperidine rings is 1. The molecular formula is C17H21NO4. The van der Waals surface area contributed by atoms with Crippen LogP contribution in [0.15, 0.2) is 24.3 Å². The molecule has 0 aliphatic carbocycles. The topological polar surface area (TPSA) is 55.8 Å². The number of likely N-dealkylation sites (tertiary alicyclic amines) is 1. The van der Waals surface area contributed by atoms with E-state index in [4.69, 9.17) is 9.47 Å². The highest BCUT2D eigenvalue weighted by atomic mass is 16.5. The van der Waals surface area contributed by atoms with Crippen LogP contribution in [0, 0.1) is 5.92 Å². The second-order valence-electron chi connectivity index (χ2n) is 5.87. The third-order valence-electron chi connectivity index (χ3n) is 4.62. The SMILES string of the molecule is COc1ccc(C(=O)C2CCN([C@@H]3CCOC3=O)CC2)cc1. The molecule has 1 aromatic rings. The van der Waals surface area contributed by atoms with E-state index in [1.165, 1.54) is 0 Å². The zero-order valence-corrected chi connectivity index (χ0v) is 12.8. The molecule has 118 valence electrons. The fourth-order valence-corrected chi connectivity index (χ4v) is 3.28. The summed E-state index contributed by atoms with van der Waals surface area (Å²) in [7, 11) is 1.61. The Bertz CT molecular complexity index is 546. The Hall–Kier alpha value is -1.88. The van der Waals surface area contributed by atoms with E-state index in [2.05, 4.69) is 4.90 Å². The highest BCUT2D eigenvalue weighted by Crippen LogP contribution is 2.26. The number of benzene rings is 1. The van der Waals surface area contributed by atoms with Gasteiger partial charge in [0.2, 0.25) is 0 Å². The summed E-state index contributed by atoms with van der Waals surface area (Å²) in [6.07, 6.45) is 2.37. The lowest BCUT2D eigenvalue weighted by Crippen LogP contribution is -2.44. The number of carbonyl (C=O) groups is 2. The van der Waals surface area contributed by atoms with Gasteiger partial charge in [0.25, 0.3) is 0 Å². The number of methoxy groups -OCH3 is 1. The van der Waals surface area contributed by atoms with Crippen LogP contribution in [0.3, 0.4) is 0 Å². The average molecular weight is 303 g/mol. The van der Waals surface area contributed by atoms with Crippen molar-refractivity contribution < 1.29 is 19.1 Å². The van der Waals surface area contributed by atoms with Crippen molar-refractivity contribution in [1.29, 1.82) is 0 Å². The van der Waals surface area contributed by atoms with Crippen LogP contribution in [0.5, 0.6) is 5.75 Å². The Morgan fingerprint density at radius 3 is 2.41 bits per heavy atom. The molecule has 0 amide bonds. The van der Waals surface area contributed by atoms with Gasteiger partial charge in [-0.1, -0.05) is 0 Å². The first-order valence-electron chi connectivity index (χ1n) is 7.78. The molecule has 5 heteroatoms. The van der Waals surface area contributed by atoms with Gasteiger partial charge in [0.1, 0.15) is 11.8 Å². The molecule has 0 unspecified atom stereocenters. The minimum absolute atomic E-state index is 0.0436. The largest absolute Gasteiger partial charge is 0.497 e. The summed E-state index contributed by atoms with van der Waals surface area (Å²) < 4.78 is 10.1. The standard InChI is InChI=1S/C17H21NO4/c1-21-14-4-2-12(3-5-14)16(19)13-6-9-18(10-7-13)15-8-11-22-17(15)20/h2-5,13,15H,6-11H2,1H3/t15-/m1/s1. The highest BCUT2D eigenvalue weighted by Gasteiger charge is 2.35. The van der Waals surface area contributed by atoms with Crippen LogP contribution in [0.4, 0.5) is 0 Å². The van der Waals surface area contributed by atoms with E-state index >= 15 is 0 Å². The lowest BCUT2D eigenvalue weighted by molar-refractivity contribution is -0.142. The Morgan fingerprint density at radius 2 is 1.86 bits per heavy atom. The molecule has 0 saturated carbocycles. The maximum Gasteiger partial charge on any atom is 0.323 e. The van der Waals surface area contributed by atoms with Crippen molar-refractivity contribution in [3.63, 3.8) is 0 Å². The molecule has 2 saturated heterocycles. The maximum atomic E-state index is 12.5. The zero-order valence-electron chi connectivity index (χ0n) is 12.8. The van der Waals surface area contributed by atoms with Crippen LogP contribution in [-0.2, 0) is 9.53 Å². The summed E-state index contributed by atoms with van der Waals surface area (Å²) in [6.45, 7) is 2.09. The second-order valence-corrected chi connectivity index (χ2v) is 5.87. The van der Waals surface area contributed by atoms with Crippen LogP contribution in [-0.4, -0.2) is 49.5 Å². The molecule has 2 heterocycles. The molecule has 2 fully saturated rings.